The van der Waals surface area contributed by atoms with Gasteiger partial charge in [0, 0.05) is 12.2 Å². The summed E-state index contributed by atoms with van der Waals surface area (Å²) < 4.78 is 22.2. The van der Waals surface area contributed by atoms with Gasteiger partial charge in [0.2, 0.25) is 5.56 Å². The molecular formula is C8H11NO. The zero-order valence-corrected chi connectivity index (χ0v) is 5.99. The van der Waals surface area contributed by atoms with Crippen molar-refractivity contribution >= 4 is 0 Å². The van der Waals surface area contributed by atoms with E-state index < -0.39 is 5.56 Å². The molecule has 54 valence electrons. The van der Waals surface area contributed by atoms with Crippen LogP contribution >= 0.6 is 0 Å². The number of rotatable bonds is 1. The third-order valence-corrected chi connectivity index (χ3v) is 1.20. The Morgan fingerprint density at radius 1 is 1.70 bits per heavy atom. The summed E-state index contributed by atoms with van der Waals surface area (Å²) >= 11 is 0. The van der Waals surface area contributed by atoms with Gasteiger partial charge in [-0.25, -0.2) is 0 Å². The summed E-state index contributed by atoms with van der Waals surface area (Å²) in [5.74, 6) is -0.0774. The normalized spacial score (nSPS) is 14.5. The second-order valence-electron chi connectivity index (χ2n) is 2.40. The molecule has 0 aliphatic rings. The van der Waals surface area contributed by atoms with Gasteiger partial charge in [0.15, 0.2) is 0 Å². The third-order valence-electron chi connectivity index (χ3n) is 1.20. The molecule has 1 N–H and O–H groups in total. The van der Waals surface area contributed by atoms with Crippen molar-refractivity contribution in [1.82, 2.24) is 4.98 Å². The molecule has 1 heterocycles. The Morgan fingerprint density at radius 3 is 3.00 bits per heavy atom. The third kappa shape index (κ3) is 1.47. The van der Waals surface area contributed by atoms with Gasteiger partial charge in [0.05, 0.1) is 4.11 Å². The van der Waals surface area contributed by atoms with Gasteiger partial charge in [0.25, 0.3) is 0 Å². The van der Waals surface area contributed by atoms with E-state index in [1.807, 2.05) is 0 Å². The first-order valence-electron chi connectivity index (χ1n) is 4.65. The molecule has 0 fully saturated rings. The Hall–Kier alpha value is -1.05. The van der Waals surface area contributed by atoms with Gasteiger partial charge in [-0.2, -0.15) is 0 Å². The fourth-order valence-electron chi connectivity index (χ4n) is 0.629. The molecule has 1 rings (SSSR count). The SMILES string of the molecule is [2H]c1[nH]c(=O)c([2H])c(C(C)C)c1[2H]. The molecule has 0 amide bonds. The number of H-pyrrole nitrogens is 1. The predicted molar refractivity (Wildman–Crippen MR) is 41.2 cm³/mol. The minimum absolute atomic E-state index is 0.0559. The van der Waals surface area contributed by atoms with Crippen LogP contribution < -0.4 is 5.56 Å². The lowest BCUT2D eigenvalue weighted by molar-refractivity contribution is 0.859. The highest BCUT2D eigenvalue weighted by Crippen LogP contribution is 2.09. The van der Waals surface area contributed by atoms with Gasteiger partial charge in [-0.1, -0.05) is 13.8 Å². The zero-order valence-electron chi connectivity index (χ0n) is 8.99. The molecule has 2 heteroatoms. The number of nitrogens with one attached hydrogen (secondary N) is 1. The summed E-state index contributed by atoms with van der Waals surface area (Å²) in [4.78, 5) is 13.2. The number of aromatic nitrogens is 1. The van der Waals surface area contributed by atoms with Crippen LogP contribution in [-0.4, -0.2) is 4.98 Å². The number of aromatic amines is 1. The first kappa shape index (κ1) is 3.96. The number of hydrogen-bond donors (Lipinski definition) is 1. The maximum absolute atomic E-state index is 11.1. The maximum Gasteiger partial charge on any atom is 0.248 e. The van der Waals surface area contributed by atoms with Crippen LogP contribution in [-0.2, 0) is 0 Å². The Balaban J connectivity index is 3.56. The van der Waals surface area contributed by atoms with Crippen molar-refractivity contribution in [2.75, 3.05) is 0 Å². The molecule has 0 bridgehead atoms. The molecular weight excluding hydrogens is 126 g/mol. The predicted octanol–water partition coefficient (Wildman–Crippen LogP) is 1.50. The molecule has 1 aromatic rings. The fourth-order valence-corrected chi connectivity index (χ4v) is 0.629. The molecule has 0 saturated heterocycles. The van der Waals surface area contributed by atoms with Crippen LogP contribution in [0.15, 0.2) is 23.1 Å². The standard InChI is InChI=1S/C8H11NO/c1-6(2)7-3-4-9-8(10)5-7/h3-6H,1-2H3,(H,9,10)/i3D,4D,5D. The Kier molecular flexibility index (Phi) is 1.07. The molecule has 0 aromatic carbocycles. The van der Waals surface area contributed by atoms with Crippen LogP contribution in [0.2, 0.25) is 0 Å². The maximum atomic E-state index is 11.1. The van der Waals surface area contributed by atoms with E-state index in [0.29, 0.717) is 5.56 Å². The lowest BCUT2D eigenvalue weighted by Gasteiger charge is -2.01. The second kappa shape index (κ2) is 2.69. The van der Waals surface area contributed by atoms with E-state index in [-0.39, 0.29) is 24.2 Å². The highest BCUT2D eigenvalue weighted by molar-refractivity contribution is 5.13. The minimum Gasteiger partial charge on any atom is -0.329 e. The molecule has 0 saturated carbocycles. The van der Waals surface area contributed by atoms with Crippen LogP contribution in [0.4, 0.5) is 0 Å². The Labute approximate surface area is 64.1 Å². The van der Waals surface area contributed by atoms with Gasteiger partial charge in [-0.3, -0.25) is 4.79 Å². The molecule has 0 radical (unpaired) electrons. The summed E-state index contributed by atoms with van der Waals surface area (Å²) in [5, 5.41) is 0. The van der Waals surface area contributed by atoms with Crippen molar-refractivity contribution < 1.29 is 4.11 Å². The van der Waals surface area contributed by atoms with E-state index in [9.17, 15) is 4.79 Å². The highest BCUT2D eigenvalue weighted by Gasteiger charge is 1.96. The highest BCUT2D eigenvalue weighted by atomic mass is 16.1. The van der Waals surface area contributed by atoms with Crippen molar-refractivity contribution in [2.24, 2.45) is 0 Å². The molecule has 0 atom stereocenters. The topological polar surface area (TPSA) is 32.9 Å². The van der Waals surface area contributed by atoms with Crippen molar-refractivity contribution in [2.45, 2.75) is 19.8 Å². The smallest absolute Gasteiger partial charge is 0.248 e. The van der Waals surface area contributed by atoms with E-state index in [2.05, 4.69) is 4.98 Å². The fraction of sp³-hybridized carbons (Fsp3) is 0.375. The molecule has 0 aliphatic carbocycles. The van der Waals surface area contributed by atoms with Crippen LogP contribution in [0.1, 0.15) is 29.4 Å². The minimum atomic E-state index is -0.593. The van der Waals surface area contributed by atoms with Crippen molar-refractivity contribution in [3.05, 3.63) is 34.2 Å². The van der Waals surface area contributed by atoms with Crippen LogP contribution in [0.25, 0.3) is 0 Å². The first-order valence-corrected chi connectivity index (χ1v) is 3.15. The van der Waals surface area contributed by atoms with Crippen molar-refractivity contribution in [1.29, 1.82) is 0 Å². The van der Waals surface area contributed by atoms with Crippen molar-refractivity contribution in [3.8, 4) is 0 Å². The molecule has 0 spiro atoms. The summed E-state index contributed by atoms with van der Waals surface area (Å²) in [6.45, 7) is 3.59. The summed E-state index contributed by atoms with van der Waals surface area (Å²) in [6, 6.07) is -0.254. The van der Waals surface area contributed by atoms with Crippen LogP contribution in [0.5, 0.6) is 0 Å². The van der Waals surface area contributed by atoms with Crippen molar-refractivity contribution in [3.63, 3.8) is 0 Å². The average Bonchev–Trinajstić information content (AvgIpc) is 2.01. The van der Waals surface area contributed by atoms with Gasteiger partial charge >= 0.3 is 0 Å². The largest absolute Gasteiger partial charge is 0.329 e. The monoisotopic (exact) mass is 140 g/mol. The lowest BCUT2D eigenvalue weighted by Crippen LogP contribution is -2.04. The van der Waals surface area contributed by atoms with E-state index in [1.54, 1.807) is 13.8 Å². The van der Waals surface area contributed by atoms with E-state index in [0.717, 1.165) is 0 Å². The number of hydrogen-bond acceptors (Lipinski definition) is 1. The summed E-state index contributed by atoms with van der Waals surface area (Å²) in [7, 11) is 0. The molecule has 2 nitrogen and oxygen atoms in total. The zero-order chi connectivity index (χ0) is 10.2. The molecule has 0 aliphatic heterocycles. The second-order valence-corrected chi connectivity index (χ2v) is 2.40. The quantitative estimate of drug-likeness (QED) is 0.630. The van der Waals surface area contributed by atoms with Gasteiger partial charge in [-0.15, -0.1) is 0 Å². The number of pyridine rings is 1. The van der Waals surface area contributed by atoms with E-state index in [4.69, 9.17) is 4.11 Å². The average molecular weight is 140 g/mol. The molecule has 1 aromatic heterocycles. The molecule has 10 heavy (non-hydrogen) atoms. The lowest BCUT2D eigenvalue weighted by atomic mass is 10.1. The summed E-state index contributed by atoms with van der Waals surface area (Å²) in [6.07, 6.45) is -0.218. The van der Waals surface area contributed by atoms with E-state index >= 15 is 0 Å². The van der Waals surface area contributed by atoms with Gasteiger partial charge < -0.3 is 4.98 Å². The van der Waals surface area contributed by atoms with Gasteiger partial charge in [0.1, 0.15) is 0 Å². The first-order chi connectivity index (χ1) is 5.95. The van der Waals surface area contributed by atoms with Crippen LogP contribution in [0.3, 0.4) is 0 Å². The van der Waals surface area contributed by atoms with Gasteiger partial charge in [-0.05, 0) is 17.5 Å². The Bertz CT molecular complexity index is 384. The molecule has 0 unspecified atom stereocenters. The Morgan fingerprint density at radius 2 is 2.40 bits per heavy atom. The van der Waals surface area contributed by atoms with E-state index in [1.165, 1.54) is 0 Å². The summed E-state index contributed by atoms with van der Waals surface area (Å²) in [5.41, 5.74) is -0.251. The van der Waals surface area contributed by atoms with Crippen LogP contribution in [0, 0.1) is 0 Å².